The molecule has 0 aliphatic heterocycles. The van der Waals surface area contributed by atoms with Gasteiger partial charge in [0.05, 0.1) is 18.7 Å². The summed E-state index contributed by atoms with van der Waals surface area (Å²) in [5.74, 6) is -0.218. The van der Waals surface area contributed by atoms with Gasteiger partial charge in [-0.15, -0.1) is 0 Å². The van der Waals surface area contributed by atoms with Gasteiger partial charge in [-0.05, 0) is 40.3 Å². The Bertz CT molecular complexity index is 1440. The average molecular weight is 473 g/mol. The van der Waals surface area contributed by atoms with Crippen LogP contribution >= 0.6 is 11.6 Å². The van der Waals surface area contributed by atoms with Crippen molar-refractivity contribution in [3.8, 4) is 11.1 Å². The Balaban J connectivity index is 1.99. The van der Waals surface area contributed by atoms with Crippen LogP contribution in [0.3, 0.4) is 0 Å². The van der Waals surface area contributed by atoms with Gasteiger partial charge in [-0.2, -0.15) is 0 Å². The second-order valence-corrected chi connectivity index (χ2v) is 8.55. The molecule has 1 heterocycles. The monoisotopic (exact) mass is 472 g/mol. The average Bonchev–Trinajstić information content (AvgIpc) is 2.85. The minimum Gasteiger partial charge on any atom is -0.359 e. The molecule has 0 spiro atoms. The highest BCUT2D eigenvalue weighted by Gasteiger charge is 2.23. The van der Waals surface area contributed by atoms with E-state index in [0.29, 0.717) is 27.1 Å². The van der Waals surface area contributed by atoms with E-state index in [9.17, 15) is 14.4 Å². The fourth-order valence-corrected chi connectivity index (χ4v) is 4.39. The maximum absolute atomic E-state index is 13.7. The molecule has 6 heteroatoms. The molecule has 1 amide bonds. The van der Waals surface area contributed by atoms with Gasteiger partial charge in [0.2, 0.25) is 5.91 Å². The van der Waals surface area contributed by atoms with E-state index in [4.69, 9.17) is 11.6 Å². The highest BCUT2D eigenvalue weighted by atomic mass is 35.5. The van der Waals surface area contributed by atoms with E-state index in [1.54, 1.807) is 36.7 Å². The van der Waals surface area contributed by atoms with Crippen LogP contribution in [0.2, 0.25) is 5.02 Å². The number of carbonyl (C=O) groups excluding carboxylic acids is 2. The number of rotatable bonds is 7. The standard InChI is InChI=1S/C28H25ClN2O3/c1-3-24(32)27-26(20-10-5-4-6-11-20)23-16-21(29)12-13-22(23)28(34)31(27)17-19-9-7-8-18(14-19)15-25(33)30-2/h4-14,16H,3,15,17H2,1-2H3,(H,30,33). The highest BCUT2D eigenvalue weighted by molar-refractivity contribution is 6.31. The third kappa shape index (κ3) is 4.66. The van der Waals surface area contributed by atoms with Gasteiger partial charge < -0.3 is 5.32 Å². The molecule has 4 rings (SSSR count). The number of carbonyl (C=O) groups is 2. The largest absolute Gasteiger partial charge is 0.359 e. The third-order valence-electron chi connectivity index (χ3n) is 5.86. The Morgan fingerprint density at radius 1 is 0.912 bits per heavy atom. The molecule has 5 nitrogen and oxygen atoms in total. The number of Topliss-reactive ketones (excluding diaryl/α,β-unsaturated/α-hetero) is 1. The van der Waals surface area contributed by atoms with Crippen molar-refractivity contribution in [2.75, 3.05) is 7.05 Å². The van der Waals surface area contributed by atoms with Crippen molar-refractivity contribution in [1.82, 2.24) is 9.88 Å². The van der Waals surface area contributed by atoms with Crippen LogP contribution in [0.5, 0.6) is 0 Å². The first-order valence-corrected chi connectivity index (χ1v) is 11.5. The molecule has 0 bridgehead atoms. The zero-order valence-corrected chi connectivity index (χ0v) is 19.9. The van der Waals surface area contributed by atoms with Crippen LogP contribution in [0.1, 0.15) is 35.0 Å². The molecule has 34 heavy (non-hydrogen) atoms. The van der Waals surface area contributed by atoms with E-state index in [1.807, 2.05) is 54.6 Å². The van der Waals surface area contributed by atoms with Gasteiger partial charge in [0, 0.05) is 29.4 Å². The lowest BCUT2D eigenvalue weighted by Crippen LogP contribution is -2.28. The van der Waals surface area contributed by atoms with Crippen LogP contribution in [-0.4, -0.2) is 23.3 Å². The number of likely N-dealkylation sites (N-methyl/N-ethyl adjacent to an activating group) is 1. The zero-order chi connectivity index (χ0) is 24.2. The first-order chi connectivity index (χ1) is 16.4. The number of aromatic nitrogens is 1. The molecule has 0 aliphatic carbocycles. The molecular weight excluding hydrogens is 448 g/mol. The predicted octanol–water partition coefficient (Wildman–Crippen LogP) is 5.25. The number of pyridine rings is 1. The molecule has 0 aliphatic rings. The topological polar surface area (TPSA) is 68.2 Å². The van der Waals surface area contributed by atoms with Crippen LogP contribution < -0.4 is 10.9 Å². The summed E-state index contributed by atoms with van der Waals surface area (Å²) in [4.78, 5) is 38.8. The highest BCUT2D eigenvalue weighted by Crippen LogP contribution is 2.33. The van der Waals surface area contributed by atoms with Crippen LogP contribution in [0.25, 0.3) is 21.9 Å². The minimum absolute atomic E-state index is 0.0925. The number of ketones is 1. The number of benzene rings is 3. The summed E-state index contributed by atoms with van der Waals surface area (Å²) < 4.78 is 1.56. The van der Waals surface area contributed by atoms with Crippen LogP contribution in [0.15, 0.2) is 77.6 Å². The molecule has 172 valence electrons. The van der Waals surface area contributed by atoms with E-state index < -0.39 is 0 Å². The van der Waals surface area contributed by atoms with Crippen molar-refractivity contribution < 1.29 is 9.59 Å². The van der Waals surface area contributed by atoms with E-state index >= 15 is 0 Å². The van der Waals surface area contributed by atoms with Crippen molar-refractivity contribution in [3.63, 3.8) is 0 Å². The lowest BCUT2D eigenvalue weighted by Gasteiger charge is -2.20. The van der Waals surface area contributed by atoms with Crippen LogP contribution in [0.4, 0.5) is 0 Å². The Hall–Kier alpha value is -3.70. The fraction of sp³-hybridized carbons (Fsp3) is 0.179. The first kappa shape index (κ1) is 23.5. The van der Waals surface area contributed by atoms with Gasteiger partial charge in [0.15, 0.2) is 5.78 Å². The fourth-order valence-electron chi connectivity index (χ4n) is 4.22. The van der Waals surface area contributed by atoms with E-state index in [1.165, 1.54) is 0 Å². The molecule has 0 fully saturated rings. The summed E-state index contributed by atoms with van der Waals surface area (Å²) in [6, 6.07) is 22.3. The first-order valence-electron chi connectivity index (χ1n) is 11.2. The van der Waals surface area contributed by atoms with E-state index in [-0.39, 0.29) is 36.6 Å². The summed E-state index contributed by atoms with van der Waals surface area (Å²) in [5, 5.41) is 4.28. The number of fused-ring (bicyclic) bond motifs is 1. The molecule has 1 N–H and O–H groups in total. The molecule has 4 aromatic rings. The molecule has 3 aromatic carbocycles. The number of nitrogens with one attached hydrogen (secondary N) is 1. The quantitative estimate of drug-likeness (QED) is 0.373. The van der Waals surface area contributed by atoms with Crippen molar-refractivity contribution in [2.24, 2.45) is 0 Å². The Labute approximate surface area is 203 Å². The molecule has 0 atom stereocenters. The molecular formula is C28H25ClN2O3. The van der Waals surface area contributed by atoms with Crippen molar-refractivity contribution in [2.45, 2.75) is 26.3 Å². The molecule has 0 unspecified atom stereocenters. The van der Waals surface area contributed by atoms with Gasteiger partial charge in [-0.25, -0.2) is 0 Å². The smallest absolute Gasteiger partial charge is 0.259 e. The number of halogens is 1. The predicted molar refractivity (Wildman–Crippen MR) is 137 cm³/mol. The maximum Gasteiger partial charge on any atom is 0.259 e. The number of amides is 1. The molecule has 0 radical (unpaired) electrons. The van der Waals surface area contributed by atoms with Crippen LogP contribution in [0, 0.1) is 0 Å². The minimum atomic E-state index is -0.250. The second kappa shape index (κ2) is 10.1. The third-order valence-corrected chi connectivity index (χ3v) is 6.09. The molecule has 1 aromatic heterocycles. The van der Waals surface area contributed by atoms with Gasteiger partial charge >= 0.3 is 0 Å². The lowest BCUT2D eigenvalue weighted by atomic mass is 9.94. The SMILES string of the molecule is CCC(=O)c1c(-c2ccccc2)c2cc(Cl)ccc2c(=O)n1Cc1cccc(CC(=O)NC)c1. The van der Waals surface area contributed by atoms with Gasteiger partial charge in [-0.1, -0.05) is 73.1 Å². The summed E-state index contributed by atoms with van der Waals surface area (Å²) in [6.07, 6.45) is 0.494. The number of hydrogen-bond acceptors (Lipinski definition) is 3. The van der Waals surface area contributed by atoms with Crippen LogP contribution in [-0.2, 0) is 17.8 Å². The molecule has 0 saturated heterocycles. The Morgan fingerprint density at radius 2 is 1.65 bits per heavy atom. The van der Waals surface area contributed by atoms with Gasteiger partial charge in [-0.3, -0.25) is 19.0 Å². The molecule has 0 saturated carbocycles. The number of nitrogens with zero attached hydrogens (tertiary/aromatic N) is 1. The van der Waals surface area contributed by atoms with Crippen molar-refractivity contribution in [1.29, 1.82) is 0 Å². The normalized spacial score (nSPS) is 10.9. The van der Waals surface area contributed by atoms with E-state index in [2.05, 4.69) is 5.32 Å². The summed E-state index contributed by atoms with van der Waals surface area (Å²) in [6.45, 7) is 2.00. The van der Waals surface area contributed by atoms with Crippen molar-refractivity contribution >= 4 is 34.1 Å². The van der Waals surface area contributed by atoms with Gasteiger partial charge in [0.1, 0.15) is 0 Å². The van der Waals surface area contributed by atoms with E-state index in [0.717, 1.165) is 16.7 Å². The summed E-state index contributed by atoms with van der Waals surface area (Å²) in [5.41, 5.74) is 3.33. The second-order valence-electron chi connectivity index (χ2n) is 8.12. The maximum atomic E-state index is 13.7. The lowest BCUT2D eigenvalue weighted by molar-refractivity contribution is -0.119. The zero-order valence-electron chi connectivity index (χ0n) is 19.1. The number of hydrogen-bond donors (Lipinski definition) is 1. The Morgan fingerprint density at radius 3 is 2.35 bits per heavy atom. The van der Waals surface area contributed by atoms with Crippen molar-refractivity contribution in [3.05, 3.63) is 105 Å². The Kier molecular flexibility index (Phi) is 6.94. The van der Waals surface area contributed by atoms with Gasteiger partial charge in [0.25, 0.3) is 5.56 Å². The summed E-state index contributed by atoms with van der Waals surface area (Å²) >= 11 is 6.31. The summed E-state index contributed by atoms with van der Waals surface area (Å²) in [7, 11) is 1.60.